The SMILES string of the molecule is Cc1cc([B]OC(C)(C)C(C)(C)O)cn(C)c1=O. The third-order valence-corrected chi connectivity index (χ3v) is 3.35. The van der Waals surface area contributed by atoms with E-state index in [1.54, 1.807) is 47.6 Å². The fourth-order valence-electron chi connectivity index (χ4n) is 1.33. The molecule has 1 radical (unpaired) electrons. The zero-order valence-corrected chi connectivity index (χ0v) is 11.9. The van der Waals surface area contributed by atoms with Gasteiger partial charge in [-0.15, -0.1) is 0 Å². The first-order chi connectivity index (χ1) is 8.04. The van der Waals surface area contributed by atoms with Crippen LogP contribution in [0, 0.1) is 6.92 Å². The standard InChI is InChI=1S/C13H21BNO3/c1-9-7-10(8-15(6)11(9)16)14-18-13(4,5)12(2,3)17/h7-8,17H,1-6H3. The Labute approximate surface area is 109 Å². The quantitative estimate of drug-likeness (QED) is 0.792. The topological polar surface area (TPSA) is 51.5 Å². The average molecular weight is 250 g/mol. The van der Waals surface area contributed by atoms with Gasteiger partial charge in [-0.3, -0.25) is 4.79 Å². The molecule has 0 spiro atoms. The summed E-state index contributed by atoms with van der Waals surface area (Å²) in [6.07, 6.45) is 1.70. The Kier molecular flexibility index (Phi) is 4.08. The Hall–Kier alpha value is -1.07. The van der Waals surface area contributed by atoms with Gasteiger partial charge in [0, 0.05) is 18.8 Å². The maximum Gasteiger partial charge on any atom is 0.332 e. The molecule has 1 aromatic rings. The molecule has 0 aliphatic rings. The predicted octanol–water partition coefficient (Wildman–Crippen LogP) is 0.504. The number of aliphatic hydroxyl groups is 1. The summed E-state index contributed by atoms with van der Waals surface area (Å²) in [4.78, 5) is 11.5. The van der Waals surface area contributed by atoms with Crippen LogP contribution in [0.3, 0.4) is 0 Å². The Bertz CT molecular complexity index is 460. The van der Waals surface area contributed by atoms with E-state index in [4.69, 9.17) is 4.65 Å². The van der Waals surface area contributed by atoms with Gasteiger partial charge in [0.15, 0.2) is 0 Å². The molecule has 5 heteroatoms. The number of aryl methyl sites for hydroxylation is 2. The molecule has 18 heavy (non-hydrogen) atoms. The minimum absolute atomic E-state index is 0.0195. The second kappa shape index (κ2) is 4.90. The molecule has 0 unspecified atom stereocenters. The van der Waals surface area contributed by atoms with E-state index < -0.39 is 11.2 Å². The van der Waals surface area contributed by atoms with Crippen molar-refractivity contribution in [2.75, 3.05) is 0 Å². The summed E-state index contributed by atoms with van der Waals surface area (Å²) in [6, 6.07) is 1.77. The Morgan fingerprint density at radius 3 is 2.33 bits per heavy atom. The molecule has 0 atom stereocenters. The summed E-state index contributed by atoms with van der Waals surface area (Å²) < 4.78 is 7.15. The normalized spacial score (nSPS) is 12.6. The molecule has 1 rings (SSSR count). The van der Waals surface area contributed by atoms with Gasteiger partial charge in [0.25, 0.3) is 5.56 Å². The van der Waals surface area contributed by atoms with Crippen molar-refractivity contribution in [3.05, 3.63) is 28.2 Å². The lowest BCUT2D eigenvalue weighted by Crippen LogP contribution is -2.49. The van der Waals surface area contributed by atoms with Crippen LogP contribution in [-0.2, 0) is 11.7 Å². The van der Waals surface area contributed by atoms with Crippen LogP contribution in [0.15, 0.2) is 17.1 Å². The molecule has 0 saturated carbocycles. The lowest BCUT2D eigenvalue weighted by Gasteiger charge is -2.37. The highest BCUT2D eigenvalue weighted by atomic mass is 16.5. The van der Waals surface area contributed by atoms with Crippen molar-refractivity contribution >= 4 is 12.9 Å². The molecule has 1 heterocycles. The fraction of sp³-hybridized carbons (Fsp3) is 0.615. The summed E-state index contributed by atoms with van der Waals surface area (Å²) in [6.45, 7) is 8.80. The minimum atomic E-state index is -0.959. The molecule has 1 aromatic heterocycles. The van der Waals surface area contributed by atoms with E-state index in [1.165, 1.54) is 4.57 Å². The molecule has 0 amide bonds. The number of aromatic nitrogens is 1. The van der Waals surface area contributed by atoms with Gasteiger partial charge < -0.3 is 14.3 Å². The van der Waals surface area contributed by atoms with Gasteiger partial charge in [-0.05, 0) is 40.1 Å². The van der Waals surface area contributed by atoms with Crippen molar-refractivity contribution in [1.82, 2.24) is 4.57 Å². The second-order valence-corrected chi connectivity index (χ2v) is 5.68. The molecular weight excluding hydrogens is 229 g/mol. The van der Waals surface area contributed by atoms with Crippen LogP contribution in [0.2, 0.25) is 0 Å². The van der Waals surface area contributed by atoms with Crippen molar-refractivity contribution in [2.24, 2.45) is 7.05 Å². The number of rotatable bonds is 4. The van der Waals surface area contributed by atoms with E-state index in [0.29, 0.717) is 5.56 Å². The minimum Gasteiger partial charge on any atom is -0.427 e. The van der Waals surface area contributed by atoms with E-state index in [2.05, 4.69) is 0 Å². The van der Waals surface area contributed by atoms with Crippen molar-refractivity contribution in [3.8, 4) is 0 Å². The van der Waals surface area contributed by atoms with Crippen LogP contribution in [-0.4, -0.2) is 28.4 Å². The van der Waals surface area contributed by atoms with E-state index in [1.807, 2.05) is 13.8 Å². The monoisotopic (exact) mass is 250 g/mol. The predicted molar refractivity (Wildman–Crippen MR) is 73.3 cm³/mol. The maximum absolute atomic E-state index is 11.5. The zero-order chi connectivity index (χ0) is 14.1. The Balaban J connectivity index is 2.85. The zero-order valence-electron chi connectivity index (χ0n) is 11.9. The fourth-order valence-corrected chi connectivity index (χ4v) is 1.33. The molecule has 0 aliphatic carbocycles. The van der Waals surface area contributed by atoms with E-state index in [0.717, 1.165) is 5.46 Å². The van der Waals surface area contributed by atoms with E-state index >= 15 is 0 Å². The van der Waals surface area contributed by atoms with Gasteiger partial charge in [-0.2, -0.15) is 0 Å². The largest absolute Gasteiger partial charge is 0.427 e. The first kappa shape index (κ1) is 15.0. The average Bonchev–Trinajstić information content (AvgIpc) is 2.21. The summed E-state index contributed by atoms with van der Waals surface area (Å²) in [5.74, 6) is 0. The summed E-state index contributed by atoms with van der Waals surface area (Å²) >= 11 is 0. The van der Waals surface area contributed by atoms with Crippen LogP contribution in [0.25, 0.3) is 0 Å². The van der Waals surface area contributed by atoms with Crippen molar-refractivity contribution in [2.45, 2.75) is 45.8 Å². The van der Waals surface area contributed by atoms with Gasteiger partial charge >= 0.3 is 7.48 Å². The number of nitrogens with zero attached hydrogens (tertiary/aromatic N) is 1. The number of pyridine rings is 1. The van der Waals surface area contributed by atoms with Gasteiger partial charge in [0.1, 0.15) is 0 Å². The molecule has 0 aromatic carbocycles. The van der Waals surface area contributed by atoms with Crippen LogP contribution in [0.5, 0.6) is 0 Å². The molecule has 99 valence electrons. The van der Waals surface area contributed by atoms with Crippen molar-refractivity contribution in [1.29, 1.82) is 0 Å². The van der Waals surface area contributed by atoms with Crippen molar-refractivity contribution in [3.63, 3.8) is 0 Å². The Morgan fingerprint density at radius 2 is 1.89 bits per heavy atom. The summed E-state index contributed by atoms with van der Waals surface area (Å²) in [5, 5.41) is 9.98. The van der Waals surface area contributed by atoms with Crippen molar-refractivity contribution < 1.29 is 9.76 Å². The van der Waals surface area contributed by atoms with Crippen LogP contribution < -0.4 is 11.0 Å². The smallest absolute Gasteiger partial charge is 0.332 e. The molecule has 0 fully saturated rings. The molecule has 0 saturated heterocycles. The molecule has 4 nitrogen and oxygen atoms in total. The van der Waals surface area contributed by atoms with Gasteiger partial charge in [-0.25, -0.2) is 0 Å². The van der Waals surface area contributed by atoms with E-state index in [9.17, 15) is 9.90 Å². The molecule has 1 N–H and O–H groups in total. The molecule has 0 bridgehead atoms. The second-order valence-electron chi connectivity index (χ2n) is 5.68. The lowest BCUT2D eigenvalue weighted by atomic mass is 9.83. The van der Waals surface area contributed by atoms with Gasteiger partial charge in [-0.1, -0.05) is 6.07 Å². The molecular formula is C13H21BNO3. The number of hydrogen-bond donors (Lipinski definition) is 1. The highest BCUT2D eigenvalue weighted by molar-refractivity contribution is 6.46. The highest BCUT2D eigenvalue weighted by Crippen LogP contribution is 2.24. The number of hydrogen-bond acceptors (Lipinski definition) is 3. The van der Waals surface area contributed by atoms with E-state index in [-0.39, 0.29) is 5.56 Å². The summed E-state index contributed by atoms with van der Waals surface area (Å²) in [5.41, 5.74) is -0.230. The highest BCUT2D eigenvalue weighted by Gasteiger charge is 2.35. The third kappa shape index (κ3) is 3.24. The van der Waals surface area contributed by atoms with Gasteiger partial charge in [0.05, 0.1) is 11.2 Å². The Morgan fingerprint density at radius 1 is 1.33 bits per heavy atom. The van der Waals surface area contributed by atoms with Crippen LogP contribution in [0.4, 0.5) is 0 Å². The third-order valence-electron chi connectivity index (χ3n) is 3.35. The lowest BCUT2D eigenvalue weighted by molar-refractivity contribution is -0.0893. The molecule has 0 aliphatic heterocycles. The van der Waals surface area contributed by atoms with Crippen LogP contribution >= 0.6 is 0 Å². The maximum atomic E-state index is 11.5. The first-order valence-corrected chi connectivity index (χ1v) is 5.95. The van der Waals surface area contributed by atoms with Crippen LogP contribution in [0.1, 0.15) is 33.3 Å². The van der Waals surface area contributed by atoms with Gasteiger partial charge in [0.2, 0.25) is 0 Å². The first-order valence-electron chi connectivity index (χ1n) is 5.95. The summed E-state index contributed by atoms with van der Waals surface area (Å²) in [7, 11) is 3.28.